The third-order valence-electron chi connectivity index (χ3n) is 4.23. The Morgan fingerprint density at radius 2 is 1.46 bits per heavy atom. The normalized spacial score (nSPS) is 12.0. The van der Waals surface area contributed by atoms with Crippen molar-refractivity contribution in [2.75, 3.05) is 6.54 Å². The molecule has 1 atom stereocenters. The lowest BCUT2D eigenvalue weighted by Crippen LogP contribution is -2.20. The smallest absolute Gasteiger partial charge is 0.306 e. The summed E-state index contributed by atoms with van der Waals surface area (Å²) in [7, 11) is 0. The van der Waals surface area contributed by atoms with E-state index in [4.69, 9.17) is 4.74 Å². The lowest BCUT2D eigenvalue weighted by atomic mass is 10.1. The Morgan fingerprint density at radius 1 is 0.875 bits per heavy atom. The molecule has 0 radical (unpaired) electrons. The highest BCUT2D eigenvalue weighted by atomic mass is 16.5. The quantitative estimate of drug-likeness (QED) is 0.312. The zero-order valence-corrected chi connectivity index (χ0v) is 16.2. The molecule has 1 N–H and O–H groups in total. The summed E-state index contributed by atoms with van der Waals surface area (Å²) in [5.41, 5.74) is 0. The van der Waals surface area contributed by atoms with E-state index in [1.165, 1.54) is 45.4 Å². The van der Waals surface area contributed by atoms with E-state index in [1.807, 2.05) is 6.92 Å². The van der Waals surface area contributed by atoms with Crippen LogP contribution in [0.25, 0.3) is 0 Å². The first-order chi connectivity index (χ1) is 11.6. The topological polar surface area (TPSA) is 55.4 Å². The Morgan fingerprint density at radius 3 is 2.12 bits per heavy atom. The molecule has 1 unspecified atom stereocenters. The Kier molecular flexibility index (Phi) is 16.0. The number of carbonyl (C=O) groups is 2. The van der Waals surface area contributed by atoms with Crippen LogP contribution in [0.2, 0.25) is 0 Å². The summed E-state index contributed by atoms with van der Waals surface area (Å²) in [5.74, 6) is -0.0409. The number of amides is 1. The van der Waals surface area contributed by atoms with E-state index in [1.54, 1.807) is 0 Å². The second-order valence-corrected chi connectivity index (χ2v) is 6.86. The van der Waals surface area contributed by atoms with Crippen LogP contribution in [0.15, 0.2) is 0 Å². The van der Waals surface area contributed by atoms with Crippen LogP contribution in [0.3, 0.4) is 0 Å². The van der Waals surface area contributed by atoms with Crippen LogP contribution in [0.1, 0.15) is 104 Å². The van der Waals surface area contributed by atoms with Gasteiger partial charge in [0.1, 0.15) is 0 Å². The van der Waals surface area contributed by atoms with Crippen molar-refractivity contribution < 1.29 is 14.3 Å². The first-order valence-corrected chi connectivity index (χ1v) is 10.00. The summed E-state index contributed by atoms with van der Waals surface area (Å²) in [4.78, 5) is 22.5. The number of carbonyl (C=O) groups excluding carboxylic acids is 2. The van der Waals surface area contributed by atoms with E-state index in [9.17, 15) is 9.59 Å². The predicted octanol–water partition coefficient (Wildman–Crippen LogP) is 5.15. The Bertz CT molecular complexity index is 318. The molecular formula is C20H39NO3. The van der Waals surface area contributed by atoms with Crippen LogP contribution in [0.5, 0.6) is 0 Å². The Hall–Kier alpha value is -1.06. The van der Waals surface area contributed by atoms with E-state index < -0.39 is 0 Å². The van der Waals surface area contributed by atoms with E-state index in [2.05, 4.69) is 12.2 Å². The van der Waals surface area contributed by atoms with Gasteiger partial charge in [-0.05, 0) is 32.6 Å². The fraction of sp³-hybridized carbons (Fsp3) is 0.900. The highest BCUT2D eigenvalue weighted by Crippen LogP contribution is 2.12. The van der Waals surface area contributed by atoms with E-state index in [0.29, 0.717) is 6.42 Å². The average Bonchev–Trinajstić information content (AvgIpc) is 2.52. The molecule has 0 aliphatic heterocycles. The molecule has 0 saturated carbocycles. The van der Waals surface area contributed by atoms with E-state index in [0.717, 1.165) is 45.1 Å². The minimum atomic E-state index is -0.0627. The van der Waals surface area contributed by atoms with Crippen molar-refractivity contribution in [3.63, 3.8) is 0 Å². The molecule has 0 spiro atoms. The fourth-order valence-electron chi connectivity index (χ4n) is 2.74. The highest BCUT2D eigenvalue weighted by Gasteiger charge is 2.09. The van der Waals surface area contributed by atoms with Gasteiger partial charge in [-0.25, -0.2) is 0 Å². The van der Waals surface area contributed by atoms with Crippen molar-refractivity contribution in [1.29, 1.82) is 0 Å². The van der Waals surface area contributed by atoms with Crippen LogP contribution in [-0.2, 0) is 14.3 Å². The first kappa shape index (κ1) is 22.9. The molecule has 142 valence electrons. The molecule has 0 aromatic rings. The number of ether oxygens (including phenoxy) is 1. The Labute approximate surface area is 149 Å². The summed E-state index contributed by atoms with van der Waals surface area (Å²) < 4.78 is 5.46. The number of rotatable bonds is 16. The molecule has 0 rings (SSSR count). The molecule has 1 amide bonds. The highest BCUT2D eigenvalue weighted by molar-refractivity contribution is 5.72. The maximum atomic E-state index is 11.8. The molecule has 0 fully saturated rings. The van der Waals surface area contributed by atoms with Gasteiger partial charge in [0.25, 0.3) is 0 Å². The lowest BCUT2D eigenvalue weighted by molar-refractivity contribution is -0.148. The molecule has 0 aromatic heterocycles. The Balaban J connectivity index is 3.38. The minimum Gasteiger partial charge on any atom is -0.463 e. The molecule has 24 heavy (non-hydrogen) atoms. The van der Waals surface area contributed by atoms with Gasteiger partial charge in [-0.2, -0.15) is 0 Å². The van der Waals surface area contributed by atoms with Gasteiger partial charge in [0.15, 0.2) is 0 Å². The number of esters is 1. The van der Waals surface area contributed by atoms with Crippen molar-refractivity contribution in [3.05, 3.63) is 0 Å². The number of hydrogen-bond acceptors (Lipinski definition) is 3. The van der Waals surface area contributed by atoms with Crippen molar-refractivity contribution in [2.45, 2.75) is 110 Å². The first-order valence-electron chi connectivity index (χ1n) is 10.00. The van der Waals surface area contributed by atoms with Gasteiger partial charge in [-0.1, -0.05) is 58.3 Å². The summed E-state index contributed by atoms with van der Waals surface area (Å²) in [6, 6.07) is 0. The molecule has 0 bridgehead atoms. The van der Waals surface area contributed by atoms with Gasteiger partial charge in [-0.15, -0.1) is 0 Å². The maximum absolute atomic E-state index is 11.8. The van der Waals surface area contributed by atoms with Crippen LogP contribution < -0.4 is 5.32 Å². The van der Waals surface area contributed by atoms with Crippen molar-refractivity contribution >= 4 is 11.9 Å². The van der Waals surface area contributed by atoms with Crippen molar-refractivity contribution in [1.82, 2.24) is 5.32 Å². The summed E-state index contributed by atoms with van der Waals surface area (Å²) >= 11 is 0. The predicted molar refractivity (Wildman–Crippen MR) is 99.9 cm³/mol. The standard InChI is InChI=1S/C20H39NO3/c1-4-5-6-7-8-9-12-15-18(2)24-20(23)16-13-10-11-14-17-21-19(3)22/h18H,4-17H2,1-3H3,(H,21,22). The molecule has 4 heteroatoms. The zero-order valence-electron chi connectivity index (χ0n) is 16.2. The van der Waals surface area contributed by atoms with Crippen LogP contribution in [0.4, 0.5) is 0 Å². The average molecular weight is 342 g/mol. The molecule has 0 aliphatic carbocycles. The van der Waals surface area contributed by atoms with Gasteiger partial charge in [0.2, 0.25) is 5.91 Å². The number of unbranched alkanes of at least 4 members (excludes halogenated alkanes) is 9. The second-order valence-electron chi connectivity index (χ2n) is 6.86. The molecule has 0 heterocycles. The van der Waals surface area contributed by atoms with Crippen LogP contribution in [-0.4, -0.2) is 24.5 Å². The monoisotopic (exact) mass is 341 g/mol. The third kappa shape index (κ3) is 17.3. The van der Waals surface area contributed by atoms with Gasteiger partial charge in [0, 0.05) is 19.9 Å². The minimum absolute atomic E-state index is 0.0218. The van der Waals surface area contributed by atoms with Crippen LogP contribution >= 0.6 is 0 Å². The SMILES string of the molecule is CCCCCCCCCC(C)OC(=O)CCCCCCNC(C)=O. The van der Waals surface area contributed by atoms with Crippen molar-refractivity contribution in [3.8, 4) is 0 Å². The summed E-state index contributed by atoms with van der Waals surface area (Å²) in [6.07, 6.45) is 14.5. The van der Waals surface area contributed by atoms with E-state index in [-0.39, 0.29) is 18.0 Å². The van der Waals surface area contributed by atoms with Crippen LogP contribution in [0, 0.1) is 0 Å². The third-order valence-corrected chi connectivity index (χ3v) is 4.23. The van der Waals surface area contributed by atoms with Gasteiger partial charge in [0.05, 0.1) is 6.10 Å². The summed E-state index contributed by atoms with van der Waals surface area (Å²) in [5, 5.41) is 2.78. The van der Waals surface area contributed by atoms with Gasteiger partial charge < -0.3 is 10.1 Å². The molecular weight excluding hydrogens is 302 g/mol. The lowest BCUT2D eigenvalue weighted by Gasteiger charge is -2.13. The summed E-state index contributed by atoms with van der Waals surface area (Å²) in [6.45, 7) is 6.50. The molecule has 0 saturated heterocycles. The maximum Gasteiger partial charge on any atom is 0.306 e. The van der Waals surface area contributed by atoms with Gasteiger partial charge >= 0.3 is 5.97 Å². The number of hydrogen-bond donors (Lipinski definition) is 1. The van der Waals surface area contributed by atoms with Crippen molar-refractivity contribution in [2.24, 2.45) is 0 Å². The van der Waals surface area contributed by atoms with Gasteiger partial charge in [-0.3, -0.25) is 9.59 Å². The fourth-order valence-corrected chi connectivity index (χ4v) is 2.74. The molecule has 0 aromatic carbocycles. The van der Waals surface area contributed by atoms with E-state index >= 15 is 0 Å². The second kappa shape index (κ2) is 16.8. The molecule has 4 nitrogen and oxygen atoms in total. The molecule has 0 aliphatic rings. The number of nitrogens with one attached hydrogen (secondary N) is 1. The largest absolute Gasteiger partial charge is 0.463 e. The zero-order chi connectivity index (χ0) is 18.0.